The van der Waals surface area contributed by atoms with Crippen molar-refractivity contribution in [2.24, 2.45) is 0 Å². The molecule has 0 aromatic heterocycles. The van der Waals surface area contributed by atoms with Crippen LogP contribution in [0.15, 0.2) is 12.1 Å². The molecule has 0 radical (unpaired) electrons. The van der Waals surface area contributed by atoms with Crippen LogP contribution in [-0.2, 0) is 9.47 Å². The molecule has 8 heteroatoms. The molecule has 0 saturated heterocycles. The van der Waals surface area contributed by atoms with Gasteiger partial charge >= 0.3 is 11.9 Å². The van der Waals surface area contributed by atoms with Crippen LogP contribution < -0.4 is 10.2 Å². The van der Waals surface area contributed by atoms with Crippen molar-refractivity contribution in [2.75, 3.05) is 14.2 Å². The molecule has 1 aromatic rings. The number of ether oxygens (including phenoxy) is 2. The summed E-state index contributed by atoms with van der Waals surface area (Å²) in [6.07, 6.45) is 0. The summed E-state index contributed by atoms with van der Waals surface area (Å²) < 4.78 is 8.70. The normalized spacial score (nSPS) is 9.70. The molecule has 106 valence electrons. The zero-order chi connectivity index (χ0) is 15.4. The monoisotopic (exact) mass is 280 g/mol. The van der Waals surface area contributed by atoms with Crippen LogP contribution in [0, 0.1) is 0 Å². The number of esters is 2. The Balaban J connectivity index is 3.68. The first kappa shape index (κ1) is 15.2. The SMILES string of the molecule is COC(=O)c1cc(C(=O)OC)c(C(=O)[O-])cc1C(=O)[O-]. The third kappa shape index (κ3) is 2.74. The fourth-order valence-electron chi connectivity index (χ4n) is 1.50. The van der Waals surface area contributed by atoms with Crippen molar-refractivity contribution in [1.82, 2.24) is 0 Å². The third-order valence-electron chi connectivity index (χ3n) is 2.41. The summed E-state index contributed by atoms with van der Waals surface area (Å²) in [6.45, 7) is 0. The van der Waals surface area contributed by atoms with Crippen molar-refractivity contribution < 1.29 is 38.9 Å². The van der Waals surface area contributed by atoms with Gasteiger partial charge in [0.2, 0.25) is 0 Å². The maximum Gasteiger partial charge on any atom is 0.338 e. The van der Waals surface area contributed by atoms with Gasteiger partial charge in [-0.3, -0.25) is 0 Å². The summed E-state index contributed by atoms with van der Waals surface area (Å²) >= 11 is 0. The van der Waals surface area contributed by atoms with Crippen LogP contribution in [0.1, 0.15) is 41.4 Å². The van der Waals surface area contributed by atoms with Crippen molar-refractivity contribution in [3.63, 3.8) is 0 Å². The molecule has 1 aromatic carbocycles. The zero-order valence-electron chi connectivity index (χ0n) is 10.4. The Morgan fingerprint density at radius 2 is 1.05 bits per heavy atom. The highest BCUT2D eigenvalue weighted by molar-refractivity contribution is 6.09. The molecule has 0 bridgehead atoms. The second-order valence-corrected chi connectivity index (χ2v) is 3.50. The predicted octanol–water partition coefficient (Wildman–Crippen LogP) is -2.01. The van der Waals surface area contributed by atoms with E-state index in [1.54, 1.807) is 0 Å². The lowest BCUT2D eigenvalue weighted by atomic mass is 9.98. The molecule has 0 spiro atoms. The number of methoxy groups -OCH3 is 2. The highest BCUT2D eigenvalue weighted by Gasteiger charge is 2.21. The highest BCUT2D eigenvalue weighted by Crippen LogP contribution is 2.19. The van der Waals surface area contributed by atoms with Gasteiger partial charge in [0.15, 0.2) is 0 Å². The summed E-state index contributed by atoms with van der Waals surface area (Å²) in [5, 5.41) is 21.8. The van der Waals surface area contributed by atoms with Gasteiger partial charge in [0, 0.05) is 11.1 Å². The number of carboxylic acid groups (broad SMARTS) is 2. The van der Waals surface area contributed by atoms with Gasteiger partial charge in [-0.2, -0.15) is 0 Å². The Bertz CT molecular complexity index is 552. The topological polar surface area (TPSA) is 133 Å². The highest BCUT2D eigenvalue weighted by atomic mass is 16.5. The average molecular weight is 280 g/mol. The zero-order valence-corrected chi connectivity index (χ0v) is 10.4. The Labute approximate surface area is 112 Å². The summed E-state index contributed by atoms with van der Waals surface area (Å²) in [6, 6.07) is 1.33. The van der Waals surface area contributed by atoms with E-state index in [-0.39, 0.29) is 0 Å². The molecule has 20 heavy (non-hydrogen) atoms. The number of carbonyl (C=O) groups is 4. The van der Waals surface area contributed by atoms with Crippen LogP contribution in [0.2, 0.25) is 0 Å². The van der Waals surface area contributed by atoms with E-state index in [1.807, 2.05) is 0 Å². The van der Waals surface area contributed by atoms with Crippen molar-refractivity contribution in [2.45, 2.75) is 0 Å². The smallest absolute Gasteiger partial charge is 0.338 e. The first-order valence-electron chi connectivity index (χ1n) is 5.10. The number of rotatable bonds is 4. The van der Waals surface area contributed by atoms with Crippen LogP contribution >= 0.6 is 0 Å². The Morgan fingerprint density at radius 1 is 0.750 bits per heavy atom. The van der Waals surface area contributed by atoms with Gasteiger partial charge in [0.1, 0.15) is 0 Å². The Kier molecular flexibility index (Phi) is 4.42. The Morgan fingerprint density at radius 3 is 1.30 bits per heavy atom. The van der Waals surface area contributed by atoms with E-state index in [2.05, 4.69) is 9.47 Å². The lowest BCUT2D eigenvalue weighted by Crippen LogP contribution is -2.30. The molecule has 0 saturated carbocycles. The van der Waals surface area contributed by atoms with Crippen molar-refractivity contribution in [3.05, 3.63) is 34.4 Å². The number of hydrogen-bond donors (Lipinski definition) is 0. The van der Waals surface area contributed by atoms with E-state index in [1.165, 1.54) is 0 Å². The van der Waals surface area contributed by atoms with E-state index in [4.69, 9.17) is 0 Å². The lowest BCUT2D eigenvalue weighted by molar-refractivity contribution is -0.255. The van der Waals surface area contributed by atoms with Crippen molar-refractivity contribution >= 4 is 23.9 Å². The molecule has 0 aliphatic heterocycles. The second kappa shape index (κ2) is 5.83. The first-order valence-corrected chi connectivity index (χ1v) is 5.10. The standard InChI is InChI=1S/C12H10O8/c1-19-11(17)7-4-8(12(18)20-2)6(10(15)16)3-5(7)9(13)14/h3-4H,1-2H3,(H,13,14)(H,15,16)/p-2. The maximum atomic E-state index is 11.5. The van der Waals surface area contributed by atoms with Gasteiger partial charge in [0.05, 0.1) is 37.3 Å². The molecule has 1 rings (SSSR count). The second-order valence-electron chi connectivity index (χ2n) is 3.50. The van der Waals surface area contributed by atoms with E-state index in [0.717, 1.165) is 20.3 Å². The van der Waals surface area contributed by atoms with Gasteiger partial charge in [-0.1, -0.05) is 0 Å². The van der Waals surface area contributed by atoms with Gasteiger partial charge < -0.3 is 29.3 Å². The molecule has 0 fully saturated rings. The number of benzene rings is 1. The molecule has 0 unspecified atom stereocenters. The van der Waals surface area contributed by atoms with Crippen LogP contribution in [-0.4, -0.2) is 38.1 Å². The molecular formula is C12H8O8-2. The lowest BCUT2D eigenvalue weighted by Gasteiger charge is -2.15. The molecule has 0 aliphatic carbocycles. The fraction of sp³-hybridized carbons (Fsp3) is 0.167. The third-order valence-corrected chi connectivity index (χ3v) is 2.41. The van der Waals surface area contributed by atoms with Crippen LogP contribution in [0.4, 0.5) is 0 Å². The molecule has 0 atom stereocenters. The van der Waals surface area contributed by atoms with E-state index in [0.29, 0.717) is 6.07 Å². The number of hydrogen-bond acceptors (Lipinski definition) is 8. The summed E-state index contributed by atoms with van der Waals surface area (Å²) in [5.74, 6) is -5.74. The van der Waals surface area contributed by atoms with E-state index >= 15 is 0 Å². The summed E-state index contributed by atoms with van der Waals surface area (Å²) in [7, 11) is 1.98. The minimum absolute atomic E-state index is 0.530. The molecule has 0 amide bonds. The summed E-state index contributed by atoms with van der Waals surface area (Å²) in [4.78, 5) is 44.7. The quantitative estimate of drug-likeness (QED) is 0.577. The fourth-order valence-corrected chi connectivity index (χ4v) is 1.50. The average Bonchev–Trinajstić information content (AvgIpc) is 2.43. The van der Waals surface area contributed by atoms with Crippen molar-refractivity contribution in [3.8, 4) is 0 Å². The number of aromatic carboxylic acids is 2. The molecule has 8 nitrogen and oxygen atoms in total. The maximum absolute atomic E-state index is 11.5. The van der Waals surface area contributed by atoms with Gasteiger partial charge in [0.25, 0.3) is 0 Å². The predicted molar refractivity (Wildman–Crippen MR) is 57.8 cm³/mol. The number of carbonyl (C=O) groups excluding carboxylic acids is 4. The first-order chi connectivity index (χ1) is 9.33. The largest absolute Gasteiger partial charge is 0.545 e. The van der Waals surface area contributed by atoms with Crippen LogP contribution in [0.25, 0.3) is 0 Å². The summed E-state index contributed by atoms with van der Waals surface area (Å²) in [5.41, 5.74) is -2.52. The van der Waals surface area contributed by atoms with Gasteiger partial charge in [-0.05, 0) is 12.1 Å². The minimum atomic E-state index is -1.80. The minimum Gasteiger partial charge on any atom is -0.545 e. The van der Waals surface area contributed by atoms with Crippen LogP contribution in [0.3, 0.4) is 0 Å². The molecular weight excluding hydrogens is 272 g/mol. The molecule has 0 N–H and O–H groups in total. The Hall–Kier alpha value is -2.90. The molecule has 0 aliphatic rings. The molecule has 0 heterocycles. The van der Waals surface area contributed by atoms with Crippen molar-refractivity contribution in [1.29, 1.82) is 0 Å². The van der Waals surface area contributed by atoms with Crippen LogP contribution in [0.5, 0.6) is 0 Å². The van der Waals surface area contributed by atoms with Gasteiger partial charge in [-0.25, -0.2) is 9.59 Å². The van der Waals surface area contributed by atoms with E-state index < -0.39 is 46.1 Å². The number of carboxylic acids is 2. The van der Waals surface area contributed by atoms with E-state index in [9.17, 15) is 29.4 Å². The van der Waals surface area contributed by atoms with Gasteiger partial charge in [-0.15, -0.1) is 0 Å².